The van der Waals surface area contributed by atoms with Crippen molar-refractivity contribution in [3.05, 3.63) is 263 Å². The van der Waals surface area contributed by atoms with Crippen molar-refractivity contribution >= 4 is 46.4 Å². The zero-order chi connectivity index (χ0) is 45.5. The first-order valence-corrected chi connectivity index (χ1v) is 20.7. The van der Waals surface area contributed by atoms with Crippen molar-refractivity contribution in [1.82, 2.24) is 0 Å². The van der Waals surface area contributed by atoms with Crippen molar-refractivity contribution in [1.29, 1.82) is 0 Å². The Bertz CT molecular complexity index is 2340. The first-order valence-electron chi connectivity index (χ1n) is 20.7. The molecule has 8 rings (SSSR count). The summed E-state index contributed by atoms with van der Waals surface area (Å²) in [4.78, 5) is 47.3. The fourth-order valence-electron chi connectivity index (χ4n) is 6.06. The van der Waals surface area contributed by atoms with Gasteiger partial charge in [0.1, 0.15) is 0 Å². The number of nitrogens with one attached hydrogen (secondary N) is 4. The molecular weight excluding hydrogens is 793 g/mol. The van der Waals surface area contributed by atoms with Crippen LogP contribution < -0.4 is 21.3 Å². The van der Waals surface area contributed by atoms with Crippen LogP contribution in [0.2, 0.25) is 0 Å². The van der Waals surface area contributed by atoms with Crippen LogP contribution in [0.15, 0.2) is 218 Å². The number of benzene rings is 8. The molecule has 0 spiro atoms. The van der Waals surface area contributed by atoms with E-state index in [0.29, 0.717) is 22.3 Å². The van der Waals surface area contributed by atoms with E-state index in [2.05, 4.69) is 21.3 Å². The first-order chi connectivity index (χ1) is 31.0. The normalized spacial score (nSPS) is 9.81. The Morgan fingerprint density at radius 3 is 0.609 bits per heavy atom. The molecule has 0 aliphatic heterocycles. The maximum atomic E-state index is 11.8. The van der Waals surface area contributed by atoms with Crippen LogP contribution in [-0.4, -0.2) is 23.6 Å². The number of rotatable bonds is 8. The number of hydrogen-bond donors (Lipinski definition) is 4. The van der Waals surface area contributed by atoms with Gasteiger partial charge in [0.25, 0.3) is 23.6 Å². The third-order valence-corrected chi connectivity index (χ3v) is 9.25. The Kier molecular flexibility index (Phi) is 18.1. The maximum Gasteiger partial charge on any atom is 0.255 e. The number of carbonyl (C=O) groups excluding carboxylic acids is 4. The average molecular weight is 845 g/mol. The predicted molar refractivity (Wildman–Crippen MR) is 262 cm³/mol. The summed E-state index contributed by atoms with van der Waals surface area (Å²) in [6.45, 7) is 7.99. The molecule has 8 heteroatoms. The Labute approximate surface area is 376 Å². The van der Waals surface area contributed by atoms with Gasteiger partial charge in [-0.05, 0) is 147 Å². The van der Waals surface area contributed by atoms with Crippen molar-refractivity contribution in [2.75, 3.05) is 21.3 Å². The molecule has 0 heterocycles. The lowest BCUT2D eigenvalue weighted by atomic mass is 10.2. The highest BCUT2D eigenvalue weighted by Crippen LogP contribution is 2.15. The van der Waals surface area contributed by atoms with Crippen LogP contribution in [0.25, 0.3) is 0 Å². The number of anilines is 4. The van der Waals surface area contributed by atoms with Gasteiger partial charge in [0.2, 0.25) is 0 Å². The molecule has 8 aromatic rings. The van der Waals surface area contributed by atoms with Gasteiger partial charge in [-0.1, -0.05) is 121 Å². The number of aryl methyl sites for hydroxylation is 4. The van der Waals surface area contributed by atoms with Crippen molar-refractivity contribution < 1.29 is 19.2 Å². The molecule has 0 unspecified atom stereocenters. The maximum absolute atomic E-state index is 11.8. The van der Waals surface area contributed by atoms with Gasteiger partial charge in [-0.3, -0.25) is 19.2 Å². The molecule has 320 valence electrons. The number of hydrogen-bond acceptors (Lipinski definition) is 4. The highest BCUT2D eigenvalue weighted by molar-refractivity contribution is 6.06. The zero-order valence-electron chi connectivity index (χ0n) is 36.4. The minimum atomic E-state index is -0.0776. The zero-order valence-corrected chi connectivity index (χ0v) is 36.4. The fraction of sp³-hybridized carbons (Fsp3) is 0.0714. The molecule has 0 aliphatic rings. The molecule has 0 atom stereocenters. The topological polar surface area (TPSA) is 116 Å². The molecule has 0 fully saturated rings. The summed E-state index contributed by atoms with van der Waals surface area (Å²) in [6, 6.07) is 67.8. The summed E-state index contributed by atoms with van der Waals surface area (Å²) < 4.78 is 0. The van der Waals surface area contributed by atoms with E-state index < -0.39 is 0 Å². The van der Waals surface area contributed by atoms with Gasteiger partial charge in [-0.2, -0.15) is 0 Å². The number of carbonyl (C=O) groups is 4. The van der Waals surface area contributed by atoms with Gasteiger partial charge < -0.3 is 21.3 Å². The quantitative estimate of drug-likeness (QED) is 0.122. The van der Waals surface area contributed by atoms with E-state index in [1.807, 2.05) is 198 Å². The molecule has 4 amide bonds. The molecule has 0 saturated heterocycles. The molecule has 4 N–H and O–H groups in total. The lowest BCUT2D eigenvalue weighted by Crippen LogP contribution is -2.11. The summed E-state index contributed by atoms with van der Waals surface area (Å²) in [6.07, 6.45) is 0. The number of amides is 4. The summed E-state index contributed by atoms with van der Waals surface area (Å²) in [5.74, 6) is -0.310. The van der Waals surface area contributed by atoms with Crippen LogP contribution in [0.5, 0.6) is 0 Å². The molecule has 0 saturated carbocycles. The van der Waals surface area contributed by atoms with Crippen LogP contribution in [0.3, 0.4) is 0 Å². The Morgan fingerprint density at radius 1 is 0.250 bits per heavy atom. The van der Waals surface area contributed by atoms with Gasteiger partial charge in [0.05, 0.1) is 0 Å². The van der Waals surface area contributed by atoms with E-state index >= 15 is 0 Å². The molecule has 8 nitrogen and oxygen atoms in total. The monoisotopic (exact) mass is 844 g/mol. The third kappa shape index (κ3) is 16.2. The second-order valence-corrected chi connectivity index (χ2v) is 14.8. The van der Waals surface area contributed by atoms with Crippen molar-refractivity contribution in [2.45, 2.75) is 27.7 Å². The molecular formula is C56H52N4O4. The third-order valence-electron chi connectivity index (χ3n) is 9.25. The van der Waals surface area contributed by atoms with Gasteiger partial charge in [-0.25, -0.2) is 0 Å². The summed E-state index contributed by atoms with van der Waals surface area (Å²) >= 11 is 0. The van der Waals surface area contributed by atoms with Crippen LogP contribution in [-0.2, 0) is 0 Å². The molecule has 64 heavy (non-hydrogen) atoms. The molecule has 0 bridgehead atoms. The van der Waals surface area contributed by atoms with Gasteiger partial charge in [0, 0.05) is 45.0 Å². The summed E-state index contributed by atoms with van der Waals surface area (Å²) in [5.41, 5.74) is 10.5. The highest BCUT2D eigenvalue weighted by atomic mass is 16.2. The Morgan fingerprint density at radius 2 is 0.438 bits per heavy atom. The summed E-state index contributed by atoms with van der Waals surface area (Å²) in [5, 5.41) is 11.4. The van der Waals surface area contributed by atoms with Crippen molar-refractivity contribution in [3.63, 3.8) is 0 Å². The van der Waals surface area contributed by atoms with Crippen molar-refractivity contribution in [2.24, 2.45) is 0 Å². The van der Waals surface area contributed by atoms with E-state index in [1.54, 1.807) is 48.5 Å². The smallest absolute Gasteiger partial charge is 0.255 e. The Balaban J connectivity index is 0.000000161. The Hall–Kier alpha value is -8.36. The van der Waals surface area contributed by atoms with E-state index in [1.165, 1.54) is 0 Å². The van der Waals surface area contributed by atoms with E-state index in [4.69, 9.17) is 0 Å². The molecule has 0 aromatic heterocycles. The van der Waals surface area contributed by atoms with E-state index in [0.717, 1.165) is 45.0 Å². The molecule has 8 aromatic carbocycles. The van der Waals surface area contributed by atoms with Crippen LogP contribution >= 0.6 is 0 Å². The van der Waals surface area contributed by atoms with Crippen LogP contribution in [0.1, 0.15) is 63.7 Å². The highest BCUT2D eigenvalue weighted by Gasteiger charge is 2.07. The van der Waals surface area contributed by atoms with Crippen LogP contribution in [0.4, 0.5) is 22.7 Å². The van der Waals surface area contributed by atoms with E-state index in [9.17, 15) is 19.2 Å². The first kappa shape index (κ1) is 46.7. The van der Waals surface area contributed by atoms with Gasteiger partial charge in [0.15, 0.2) is 0 Å². The fourth-order valence-corrected chi connectivity index (χ4v) is 6.06. The van der Waals surface area contributed by atoms with Gasteiger partial charge in [-0.15, -0.1) is 0 Å². The largest absolute Gasteiger partial charge is 0.322 e. The second-order valence-electron chi connectivity index (χ2n) is 14.8. The minimum Gasteiger partial charge on any atom is -0.322 e. The van der Waals surface area contributed by atoms with Gasteiger partial charge >= 0.3 is 0 Å². The average Bonchev–Trinajstić information content (AvgIpc) is 3.31. The lowest BCUT2D eigenvalue weighted by Gasteiger charge is -2.05. The predicted octanol–water partition coefficient (Wildman–Crippen LogP) is 13.0. The lowest BCUT2D eigenvalue weighted by molar-refractivity contribution is 0.101. The molecule has 0 radical (unpaired) electrons. The second kappa shape index (κ2) is 24.8. The standard InChI is InChI=1S/4C14H13NO/c4*1-11-6-5-9-13(10-11)15-14(16)12-7-3-2-4-8-12/h4*2-10H,1H3,(H,15,16). The minimum absolute atomic E-state index is 0.0776. The van der Waals surface area contributed by atoms with E-state index in [-0.39, 0.29) is 23.6 Å². The summed E-state index contributed by atoms with van der Waals surface area (Å²) in [7, 11) is 0. The molecule has 0 aliphatic carbocycles. The SMILES string of the molecule is Cc1cccc(NC(=O)c2ccccc2)c1.Cc1cccc(NC(=O)c2ccccc2)c1.Cc1cccc(NC(=O)c2ccccc2)c1.Cc1cccc(NC(=O)c2ccccc2)c1. The van der Waals surface area contributed by atoms with Crippen LogP contribution in [0, 0.1) is 27.7 Å². The van der Waals surface area contributed by atoms with Crippen molar-refractivity contribution in [3.8, 4) is 0 Å².